The molecule has 120 valence electrons. The number of hydrogen-bond acceptors (Lipinski definition) is 0. The van der Waals surface area contributed by atoms with Gasteiger partial charge < -0.3 is 0 Å². The molecular weight excluding hydrogens is 263 g/mol. The summed E-state index contributed by atoms with van der Waals surface area (Å²) in [5, 5.41) is 0. The Kier molecular flexibility index (Phi) is 2.36. The normalized spacial score (nSPS) is 70.1. The van der Waals surface area contributed by atoms with Crippen molar-refractivity contribution in [1.29, 1.82) is 0 Å². The standard InChI is InChI=1S/C21H33B/c1-4-16-7-13(1)10-19(16)22(20-11-14-2-5-17(20)8-14)21-12-15-3-6-18(21)9-15/h13-21H,1-12H2/i10D,11D,12D. The van der Waals surface area contributed by atoms with Crippen molar-refractivity contribution in [2.45, 2.75) is 94.4 Å². The Bertz CT molecular complexity index is 473. The van der Waals surface area contributed by atoms with Gasteiger partial charge in [0.2, 0.25) is 0 Å². The molecule has 0 nitrogen and oxygen atoms in total. The first-order chi connectivity index (χ1) is 12.1. The summed E-state index contributed by atoms with van der Waals surface area (Å²) in [7, 11) is 0. The Hall–Kier alpha value is 0.0649. The Morgan fingerprint density at radius 2 is 0.909 bits per heavy atom. The molecule has 0 N–H and O–H groups in total. The van der Waals surface area contributed by atoms with Crippen LogP contribution in [0.2, 0.25) is 17.5 Å². The third-order valence-corrected chi connectivity index (χ3v) is 8.99. The van der Waals surface area contributed by atoms with Crippen molar-refractivity contribution in [3.8, 4) is 0 Å². The first-order valence-corrected chi connectivity index (χ1v) is 10.4. The van der Waals surface area contributed by atoms with Crippen LogP contribution in [0.4, 0.5) is 0 Å². The Labute approximate surface area is 141 Å². The molecule has 1 heteroatoms. The summed E-state index contributed by atoms with van der Waals surface area (Å²) in [5.74, 6) is 5.93. The monoisotopic (exact) mass is 299 g/mol. The molecule has 0 aliphatic heterocycles. The lowest BCUT2D eigenvalue weighted by Crippen LogP contribution is -2.39. The minimum atomic E-state index is 0.140. The van der Waals surface area contributed by atoms with Crippen molar-refractivity contribution in [2.24, 2.45) is 35.5 Å². The molecule has 12 atom stereocenters. The van der Waals surface area contributed by atoms with Gasteiger partial charge in [-0.1, -0.05) is 75.2 Å². The second kappa shape index (κ2) is 4.79. The first-order valence-electron chi connectivity index (χ1n) is 12.1. The fraction of sp³-hybridized carbons (Fsp3) is 1.00. The molecule has 6 rings (SSSR count). The Morgan fingerprint density at radius 1 is 0.545 bits per heavy atom. The van der Waals surface area contributed by atoms with Gasteiger partial charge in [-0.3, -0.25) is 0 Å². The predicted octanol–water partition coefficient (Wildman–Crippen LogP) is 6.05. The van der Waals surface area contributed by atoms with Crippen LogP contribution in [0.25, 0.3) is 0 Å². The van der Waals surface area contributed by atoms with Crippen molar-refractivity contribution >= 4 is 6.71 Å². The van der Waals surface area contributed by atoms with Crippen molar-refractivity contribution in [1.82, 2.24) is 0 Å². The van der Waals surface area contributed by atoms with Gasteiger partial charge in [0.25, 0.3) is 0 Å². The van der Waals surface area contributed by atoms with Gasteiger partial charge in [-0.15, -0.1) is 0 Å². The van der Waals surface area contributed by atoms with Crippen LogP contribution in [0.15, 0.2) is 0 Å². The van der Waals surface area contributed by atoms with E-state index in [0.717, 1.165) is 17.8 Å². The zero-order chi connectivity index (χ0) is 16.9. The van der Waals surface area contributed by atoms with Gasteiger partial charge in [0.05, 0.1) is 0 Å². The molecule has 0 aromatic rings. The molecule has 22 heavy (non-hydrogen) atoms. The highest BCUT2D eigenvalue weighted by Crippen LogP contribution is 2.66. The van der Waals surface area contributed by atoms with Gasteiger partial charge in [-0.2, -0.15) is 0 Å². The van der Waals surface area contributed by atoms with Crippen LogP contribution in [0.5, 0.6) is 0 Å². The minimum absolute atomic E-state index is 0.140. The largest absolute Gasteiger partial charge is 0.150 e. The van der Waals surface area contributed by atoms with Crippen LogP contribution in [-0.2, 0) is 0 Å². The molecule has 0 radical (unpaired) electrons. The summed E-state index contributed by atoms with van der Waals surface area (Å²) in [6, 6.07) is 0. The second-order valence-electron chi connectivity index (χ2n) is 9.89. The van der Waals surface area contributed by atoms with Crippen LogP contribution in [0, 0.1) is 35.5 Å². The summed E-state index contributed by atoms with van der Waals surface area (Å²) < 4.78 is 27.0. The van der Waals surface area contributed by atoms with Crippen LogP contribution in [0.1, 0.15) is 81.1 Å². The zero-order valence-corrected chi connectivity index (χ0v) is 13.9. The fourth-order valence-corrected chi connectivity index (χ4v) is 8.24. The summed E-state index contributed by atoms with van der Waals surface area (Å²) in [4.78, 5) is 0. The van der Waals surface area contributed by atoms with E-state index in [0.29, 0.717) is 41.9 Å². The SMILES string of the molecule is [2H]C1C2CCC(C2)C1B(C1C2CCC(C2)C1[2H])C1C2CCC(C2)C1[2H]. The molecule has 0 aromatic heterocycles. The fourth-order valence-electron chi connectivity index (χ4n) is 8.24. The van der Waals surface area contributed by atoms with Crippen molar-refractivity contribution in [3.05, 3.63) is 0 Å². The van der Waals surface area contributed by atoms with E-state index in [2.05, 4.69) is 0 Å². The van der Waals surface area contributed by atoms with Gasteiger partial charge in [-0.05, 0) is 54.8 Å². The van der Waals surface area contributed by atoms with Crippen LogP contribution in [0.3, 0.4) is 0 Å². The zero-order valence-electron chi connectivity index (χ0n) is 16.9. The predicted molar refractivity (Wildman–Crippen MR) is 93.3 cm³/mol. The van der Waals surface area contributed by atoms with Gasteiger partial charge in [-0.25, -0.2) is 0 Å². The van der Waals surface area contributed by atoms with Gasteiger partial charge in [0.1, 0.15) is 6.71 Å². The van der Waals surface area contributed by atoms with E-state index in [4.69, 9.17) is 4.11 Å². The molecule has 12 unspecified atom stereocenters. The average Bonchev–Trinajstić information content (AvgIpc) is 3.39. The van der Waals surface area contributed by atoms with E-state index in [-0.39, 0.29) is 19.2 Å². The third kappa shape index (κ3) is 1.83. The Balaban J connectivity index is 1.39. The smallest absolute Gasteiger partial charge is 0.0585 e. The summed E-state index contributed by atoms with van der Waals surface area (Å²) in [5.41, 5.74) is 0. The molecule has 6 aliphatic carbocycles. The molecule has 0 amide bonds. The number of hydrogen-bond donors (Lipinski definition) is 0. The topological polar surface area (TPSA) is 0 Å². The first kappa shape index (κ1) is 10.8. The average molecular weight is 299 g/mol. The van der Waals surface area contributed by atoms with Gasteiger partial charge >= 0.3 is 0 Å². The second-order valence-corrected chi connectivity index (χ2v) is 9.89. The van der Waals surface area contributed by atoms with Crippen LogP contribution in [-0.4, -0.2) is 6.71 Å². The van der Waals surface area contributed by atoms with Crippen LogP contribution < -0.4 is 0 Å². The van der Waals surface area contributed by atoms with Gasteiger partial charge in [0.15, 0.2) is 0 Å². The molecule has 6 saturated carbocycles. The maximum atomic E-state index is 9.01. The highest BCUT2D eigenvalue weighted by Gasteiger charge is 2.57. The molecular formula is C21H33B. The minimum Gasteiger partial charge on any atom is -0.0585 e. The maximum absolute atomic E-state index is 9.01. The third-order valence-electron chi connectivity index (χ3n) is 8.99. The molecule has 6 aliphatic rings. The molecule has 0 heterocycles. The van der Waals surface area contributed by atoms with E-state index in [1.807, 2.05) is 0 Å². The molecule has 0 spiro atoms. The molecule has 0 saturated heterocycles. The quantitative estimate of drug-likeness (QED) is 0.556. The van der Waals surface area contributed by atoms with E-state index < -0.39 is 0 Å². The Morgan fingerprint density at radius 3 is 1.18 bits per heavy atom. The number of rotatable bonds is 3. The van der Waals surface area contributed by atoms with E-state index in [9.17, 15) is 0 Å². The highest BCUT2D eigenvalue weighted by molar-refractivity contribution is 6.64. The summed E-state index contributed by atoms with van der Waals surface area (Å²) in [6.45, 7) is 0.563. The molecule has 0 aromatic carbocycles. The molecule has 6 fully saturated rings. The van der Waals surface area contributed by atoms with E-state index >= 15 is 0 Å². The highest BCUT2D eigenvalue weighted by atomic mass is 14.5. The van der Waals surface area contributed by atoms with E-state index in [1.54, 1.807) is 0 Å². The van der Waals surface area contributed by atoms with Crippen LogP contribution >= 0.6 is 0 Å². The lowest BCUT2D eigenvalue weighted by molar-refractivity contribution is 0.405. The van der Waals surface area contributed by atoms with Gasteiger partial charge in [0, 0.05) is 4.11 Å². The molecule has 6 bridgehead atoms. The van der Waals surface area contributed by atoms with Crippen molar-refractivity contribution in [2.75, 3.05) is 0 Å². The van der Waals surface area contributed by atoms with E-state index in [1.165, 1.54) is 57.8 Å². The number of fused-ring (bicyclic) bond motifs is 6. The maximum Gasteiger partial charge on any atom is 0.150 e. The lowest BCUT2D eigenvalue weighted by atomic mass is 9.23. The summed E-state index contributed by atoms with van der Waals surface area (Å²) in [6.07, 6.45) is 12.3. The lowest BCUT2D eigenvalue weighted by Gasteiger charge is -2.42. The van der Waals surface area contributed by atoms with Crippen molar-refractivity contribution in [3.63, 3.8) is 0 Å². The van der Waals surface area contributed by atoms with Crippen molar-refractivity contribution < 1.29 is 4.11 Å². The summed E-state index contributed by atoms with van der Waals surface area (Å²) >= 11 is 0.